The van der Waals surface area contributed by atoms with E-state index in [-0.39, 0.29) is 4.90 Å². The monoisotopic (exact) mass is 394 g/mol. The summed E-state index contributed by atoms with van der Waals surface area (Å²) >= 11 is 1.54. The van der Waals surface area contributed by atoms with Crippen LogP contribution in [-0.4, -0.2) is 56.4 Å². The van der Waals surface area contributed by atoms with E-state index in [2.05, 4.69) is 4.98 Å². The average molecular weight is 395 g/mol. The topological polar surface area (TPSA) is 68.7 Å². The summed E-state index contributed by atoms with van der Waals surface area (Å²) in [5.74, 6) is 1.62. The molecule has 140 valence electrons. The van der Waals surface area contributed by atoms with Gasteiger partial charge >= 0.3 is 0 Å². The van der Waals surface area contributed by atoms with Crippen LogP contribution in [0.3, 0.4) is 0 Å². The molecule has 0 saturated carbocycles. The first-order valence-electron chi connectivity index (χ1n) is 8.42. The van der Waals surface area contributed by atoms with E-state index in [9.17, 15) is 8.42 Å². The third-order valence-electron chi connectivity index (χ3n) is 4.00. The average Bonchev–Trinajstić information content (AvgIpc) is 2.67. The zero-order valence-electron chi connectivity index (χ0n) is 14.6. The molecule has 0 spiro atoms. The normalized spacial score (nSPS) is 15.7. The van der Waals surface area contributed by atoms with Crippen molar-refractivity contribution in [3.05, 3.63) is 48.2 Å². The van der Waals surface area contributed by atoms with Crippen LogP contribution in [0.15, 0.2) is 52.5 Å². The number of pyridine rings is 1. The summed E-state index contributed by atoms with van der Waals surface area (Å²) in [6.45, 7) is 4.20. The molecule has 0 atom stereocenters. The minimum absolute atomic E-state index is 0.222. The van der Waals surface area contributed by atoms with Crippen molar-refractivity contribution in [1.29, 1.82) is 0 Å². The number of rotatable bonds is 7. The third kappa shape index (κ3) is 4.76. The fourth-order valence-electron chi connectivity index (χ4n) is 2.56. The van der Waals surface area contributed by atoms with Gasteiger partial charge in [0.05, 0.1) is 24.8 Å². The van der Waals surface area contributed by atoms with Crippen molar-refractivity contribution < 1.29 is 17.9 Å². The number of morpholine rings is 1. The van der Waals surface area contributed by atoms with Crippen LogP contribution in [0.2, 0.25) is 0 Å². The molecular weight excluding hydrogens is 372 g/mol. The van der Waals surface area contributed by atoms with Gasteiger partial charge in [-0.25, -0.2) is 13.4 Å². The standard InChI is InChI=1S/C18H22N2O4S2/c1-15-4-2-3-5-17(15)24-12-13-25-18-7-6-16(14-19-18)26(21,22)20-8-10-23-11-9-20/h2-7,14H,8-13H2,1H3. The van der Waals surface area contributed by atoms with Gasteiger partial charge in [0.2, 0.25) is 10.0 Å². The largest absolute Gasteiger partial charge is 0.492 e. The highest BCUT2D eigenvalue weighted by atomic mass is 32.2. The Balaban J connectivity index is 1.52. The van der Waals surface area contributed by atoms with E-state index in [1.807, 2.05) is 31.2 Å². The maximum atomic E-state index is 12.6. The second-order valence-electron chi connectivity index (χ2n) is 5.81. The van der Waals surface area contributed by atoms with Crippen LogP contribution in [0.4, 0.5) is 0 Å². The van der Waals surface area contributed by atoms with E-state index < -0.39 is 10.0 Å². The van der Waals surface area contributed by atoms with Gasteiger partial charge in [0, 0.05) is 25.0 Å². The number of aryl methyl sites for hydroxylation is 1. The number of hydrogen-bond donors (Lipinski definition) is 0. The van der Waals surface area contributed by atoms with Crippen LogP contribution in [-0.2, 0) is 14.8 Å². The lowest BCUT2D eigenvalue weighted by atomic mass is 10.2. The van der Waals surface area contributed by atoms with Crippen LogP contribution in [0.5, 0.6) is 5.75 Å². The quantitative estimate of drug-likeness (QED) is 0.531. The maximum absolute atomic E-state index is 12.6. The Labute approximate surface area is 158 Å². The molecule has 1 aromatic carbocycles. The van der Waals surface area contributed by atoms with Gasteiger partial charge in [0.15, 0.2) is 0 Å². The van der Waals surface area contributed by atoms with E-state index in [1.165, 1.54) is 22.3 Å². The van der Waals surface area contributed by atoms with Gasteiger partial charge in [-0.05, 0) is 30.7 Å². The van der Waals surface area contributed by atoms with E-state index >= 15 is 0 Å². The maximum Gasteiger partial charge on any atom is 0.244 e. The molecule has 1 aliphatic rings. The van der Waals surface area contributed by atoms with E-state index in [1.54, 1.807) is 12.1 Å². The predicted molar refractivity (Wildman–Crippen MR) is 101 cm³/mol. The van der Waals surface area contributed by atoms with Crippen LogP contribution >= 0.6 is 11.8 Å². The predicted octanol–water partition coefficient (Wildman–Crippen LogP) is 2.58. The first kappa shape index (κ1) is 19.2. The van der Waals surface area contributed by atoms with Crippen molar-refractivity contribution in [2.45, 2.75) is 16.8 Å². The number of nitrogens with zero attached hydrogens (tertiary/aromatic N) is 2. The lowest BCUT2D eigenvalue weighted by Crippen LogP contribution is -2.40. The molecule has 1 aromatic heterocycles. The van der Waals surface area contributed by atoms with Gasteiger partial charge in [-0.15, -0.1) is 11.8 Å². The van der Waals surface area contributed by atoms with Crippen molar-refractivity contribution in [3.63, 3.8) is 0 Å². The molecule has 0 aliphatic carbocycles. The van der Waals surface area contributed by atoms with Crippen LogP contribution in [0.1, 0.15) is 5.56 Å². The summed E-state index contributed by atoms with van der Waals surface area (Å²) in [4.78, 5) is 4.49. The smallest absolute Gasteiger partial charge is 0.244 e. The van der Waals surface area contributed by atoms with Crippen molar-refractivity contribution in [2.75, 3.05) is 38.7 Å². The molecule has 2 heterocycles. The summed E-state index contributed by atoms with van der Waals surface area (Å²) in [6.07, 6.45) is 1.43. The van der Waals surface area contributed by atoms with Crippen LogP contribution < -0.4 is 4.74 Å². The van der Waals surface area contributed by atoms with Crippen LogP contribution in [0.25, 0.3) is 0 Å². The molecule has 8 heteroatoms. The lowest BCUT2D eigenvalue weighted by Gasteiger charge is -2.25. The number of thioether (sulfide) groups is 1. The van der Waals surface area contributed by atoms with Gasteiger partial charge in [-0.3, -0.25) is 0 Å². The Hall–Kier alpha value is -1.61. The summed E-state index contributed by atoms with van der Waals surface area (Å²) in [5, 5.41) is 0.777. The number of ether oxygens (including phenoxy) is 2. The first-order chi connectivity index (χ1) is 12.6. The molecule has 0 amide bonds. The van der Waals surface area contributed by atoms with Gasteiger partial charge in [-0.1, -0.05) is 18.2 Å². The molecular formula is C18H22N2O4S2. The minimum Gasteiger partial charge on any atom is -0.492 e. The Morgan fingerprint density at radius 3 is 2.65 bits per heavy atom. The summed E-state index contributed by atoms with van der Waals surface area (Å²) in [5.41, 5.74) is 1.10. The SMILES string of the molecule is Cc1ccccc1OCCSc1ccc(S(=O)(=O)N2CCOCC2)cn1. The zero-order valence-corrected chi connectivity index (χ0v) is 16.3. The third-order valence-corrected chi connectivity index (χ3v) is 6.79. The Bertz CT molecular complexity index is 819. The van der Waals surface area contributed by atoms with E-state index in [0.29, 0.717) is 32.9 Å². The zero-order chi connectivity index (χ0) is 18.4. The fourth-order valence-corrected chi connectivity index (χ4v) is 4.58. The van der Waals surface area contributed by atoms with Crippen molar-refractivity contribution >= 4 is 21.8 Å². The van der Waals surface area contributed by atoms with Gasteiger partial charge in [0.25, 0.3) is 0 Å². The summed E-state index contributed by atoms with van der Waals surface area (Å²) < 4.78 is 37.5. The molecule has 6 nitrogen and oxygen atoms in total. The summed E-state index contributed by atoms with van der Waals surface area (Å²) in [6, 6.07) is 11.2. The lowest BCUT2D eigenvalue weighted by molar-refractivity contribution is 0.0730. The van der Waals surface area contributed by atoms with E-state index in [4.69, 9.17) is 9.47 Å². The van der Waals surface area contributed by atoms with E-state index in [0.717, 1.165) is 22.1 Å². The Morgan fingerprint density at radius 1 is 1.19 bits per heavy atom. The highest BCUT2D eigenvalue weighted by molar-refractivity contribution is 7.99. The second-order valence-corrected chi connectivity index (χ2v) is 8.86. The molecule has 0 radical (unpaired) electrons. The van der Waals surface area contributed by atoms with Crippen molar-refractivity contribution in [2.24, 2.45) is 0 Å². The molecule has 2 aromatic rings. The molecule has 0 unspecified atom stereocenters. The molecule has 0 N–H and O–H groups in total. The number of aromatic nitrogens is 1. The minimum atomic E-state index is -3.49. The Morgan fingerprint density at radius 2 is 1.96 bits per heavy atom. The second kappa shape index (κ2) is 8.85. The molecule has 0 bridgehead atoms. The molecule has 1 fully saturated rings. The van der Waals surface area contributed by atoms with Crippen LogP contribution in [0, 0.1) is 6.92 Å². The Kier molecular flexibility index (Phi) is 6.53. The van der Waals surface area contributed by atoms with Gasteiger partial charge in [-0.2, -0.15) is 4.31 Å². The van der Waals surface area contributed by atoms with Crippen molar-refractivity contribution in [1.82, 2.24) is 9.29 Å². The number of sulfonamides is 1. The molecule has 3 rings (SSSR count). The molecule has 26 heavy (non-hydrogen) atoms. The summed E-state index contributed by atoms with van der Waals surface area (Å²) in [7, 11) is -3.49. The molecule has 1 aliphatic heterocycles. The number of para-hydroxylation sites is 1. The highest BCUT2D eigenvalue weighted by Gasteiger charge is 2.26. The van der Waals surface area contributed by atoms with Gasteiger partial charge < -0.3 is 9.47 Å². The fraction of sp³-hybridized carbons (Fsp3) is 0.389. The number of benzene rings is 1. The highest BCUT2D eigenvalue weighted by Crippen LogP contribution is 2.21. The van der Waals surface area contributed by atoms with Gasteiger partial charge in [0.1, 0.15) is 10.6 Å². The number of hydrogen-bond acceptors (Lipinski definition) is 6. The first-order valence-corrected chi connectivity index (χ1v) is 10.8. The van der Waals surface area contributed by atoms with Crippen molar-refractivity contribution in [3.8, 4) is 5.75 Å². The molecule has 1 saturated heterocycles.